The molecule has 0 bridgehead atoms. The Labute approximate surface area is 228 Å². The fourth-order valence-corrected chi connectivity index (χ4v) is 6.10. The van der Waals surface area contributed by atoms with Crippen LogP contribution in [0.1, 0.15) is 52.2 Å². The van der Waals surface area contributed by atoms with Gasteiger partial charge >= 0.3 is 19.4 Å². The summed E-state index contributed by atoms with van der Waals surface area (Å²) in [5, 5.41) is 13.1. The summed E-state index contributed by atoms with van der Waals surface area (Å²) in [6.07, 6.45) is 0.145. The Balaban J connectivity index is 1.49. The standard InChI is InChI=1S/C25H32F2N3O9P/c1-15(22(33)37-17-6-4-3-5-7-17)29-40(35,39-18-10-8-16(26)9-11-18)36-14-19-21(32)25(2,27)23(38-19)30-13-12-20(31)28-24(30)34/h8-13,15,17,19,21,23,32H,3-7,14H2,1-2H3,(H,29,35)(H,28,31,34)/t15-,19+,21+,23+,25+,40+/m0/s1. The first-order valence-electron chi connectivity index (χ1n) is 12.9. The van der Waals surface area contributed by atoms with Crippen molar-refractivity contribution in [2.45, 2.75) is 82.2 Å². The van der Waals surface area contributed by atoms with E-state index in [-0.39, 0.29) is 11.9 Å². The number of aromatic nitrogens is 2. The van der Waals surface area contributed by atoms with Gasteiger partial charge in [-0.25, -0.2) is 18.1 Å². The van der Waals surface area contributed by atoms with Crippen molar-refractivity contribution in [3.8, 4) is 5.75 Å². The molecule has 0 radical (unpaired) electrons. The number of hydrogen-bond donors (Lipinski definition) is 3. The molecule has 2 heterocycles. The van der Waals surface area contributed by atoms with Crippen LogP contribution in [0.4, 0.5) is 8.78 Å². The minimum Gasteiger partial charge on any atom is -0.461 e. The molecular weight excluding hydrogens is 555 g/mol. The smallest absolute Gasteiger partial charge is 0.459 e. The van der Waals surface area contributed by atoms with E-state index < -0.39 is 67.5 Å². The zero-order chi connectivity index (χ0) is 29.1. The molecular formula is C25H32F2N3O9P. The summed E-state index contributed by atoms with van der Waals surface area (Å²) in [4.78, 5) is 38.3. The van der Waals surface area contributed by atoms with Crippen molar-refractivity contribution in [1.29, 1.82) is 0 Å². The van der Waals surface area contributed by atoms with Gasteiger partial charge in [0.15, 0.2) is 11.9 Å². The highest BCUT2D eigenvalue weighted by atomic mass is 31.2. The van der Waals surface area contributed by atoms with E-state index in [4.69, 9.17) is 18.5 Å². The number of nitrogens with zero attached hydrogens (tertiary/aromatic N) is 1. The van der Waals surface area contributed by atoms with Crippen LogP contribution in [-0.2, 0) is 23.4 Å². The van der Waals surface area contributed by atoms with Crippen molar-refractivity contribution in [3.05, 3.63) is 63.2 Å². The van der Waals surface area contributed by atoms with Gasteiger partial charge in [0.25, 0.3) is 5.56 Å². The van der Waals surface area contributed by atoms with Crippen LogP contribution in [0.25, 0.3) is 0 Å². The van der Waals surface area contributed by atoms with Crippen molar-refractivity contribution in [3.63, 3.8) is 0 Å². The number of esters is 1. The SMILES string of the molecule is C[C@H](N[P@@](=O)(OC[C@H]1O[C@@H](n2ccc(=O)[nH]c2=O)[C@](C)(F)[C@@H]1O)Oc1ccc(F)cc1)C(=O)OC1CCCCC1. The van der Waals surface area contributed by atoms with Crippen molar-refractivity contribution in [2.75, 3.05) is 6.61 Å². The van der Waals surface area contributed by atoms with E-state index in [2.05, 4.69) is 5.09 Å². The lowest BCUT2D eigenvalue weighted by atomic mass is 9.98. The highest BCUT2D eigenvalue weighted by Gasteiger charge is 2.56. The Kier molecular flexibility index (Phi) is 9.26. The summed E-state index contributed by atoms with van der Waals surface area (Å²) in [6, 6.07) is 4.32. The minimum atomic E-state index is -4.45. The van der Waals surface area contributed by atoms with E-state index in [1.54, 1.807) is 0 Å². The molecule has 0 amide bonds. The number of aromatic amines is 1. The minimum absolute atomic E-state index is 0.0639. The van der Waals surface area contributed by atoms with Gasteiger partial charge < -0.3 is 19.1 Å². The predicted octanol–water partition coefficient (Wildman–Crippen LogP) is 2.72. The zero-order valence-electron chi connectivity index (χ0n) is 22.0. The molecule has 1 saturated carbocycles. The highest BCUT2D eigenvalue weighted by Crippen LogP contribution is 2.47. The molecule has 0 spiro atoms. The second-order valence-corrected chi connectivity index (χ2v) is 11.7. The Morgan fingerprint density at radius 1 is 1.25 bits per heavy atom. The number of halogens is 2. The maximum absolute atomic E-state index is 15.5. The largest absolute Gasteiger partial charge is 0.461 e. The molecule has 3 N–H and O–H groups in total. The molecule has 220 valence electrons. The van der Waals surface area contributed by atoms with Gasteiger partial charge in [0.1, 0.15) is 35.9 Å². The van der Waals surface area contributed by atoms with E-state index >= 15 is 4.39 Å². The van der Waals surface area contributed by atoms with Gasteiger partial charge in [0, 0.05) is 12.3 Å². The van der Waals surface area contributed by atoms with E-state index in [9.17, 15) is 28.4 Å². The summed E-state index contributed by atoms with van der Waals surface area (Å²) < 4.78 is 65.5. The molecule has 2 aromatic rings. The van der Waals surface area contributed by atoms with Crippen LogP contribution >= 0.6 is 7.75 Å². The Morgan fingerprint density at radius 2 is 1.93 bits per heavy atom. The topological polar surface area (TPSA) is 158 Å². The molecule has 1 aliphatic carbocycles. The lowest BCUT2D eigenvalue weighted by molar-refractivity contribution is -0.152. The summed E-state index contributed by atoms with van der Waals surface area (Å²) in [6.45, 7) is 1.69. The summed E-state index contributed by atoms with van der Waals surface area (Å²) in [7, 11) is -4.45. The lowest BCUT2D eigenvalue weighted by Gasteiger charge is -2.27. The van der Waals surface area contributed by atoms with Gasteiger partial charge in [-0.3, -0.25) is 23.7 Å². The van der Waals surface area contributed by atoms with Gasteiger partial charge in [-0.2, -0.15) is 5.09 Å². The van der Waals surface area contributed by atoms with E-state index in [0.717, 1.165) is 68.0 Å². The Morgan fingerprint density at radius 3 is 2.58 bits per heavy atom. The predicted molar refractivity (Wildman–Crippen MR) is 137 cm³/mol. The molecule has 15 heteroatoms. The first kappa shape index (κ1) is 30.1. The second-order valence-electron chi connectivity index (χ2n) is 10.0. The van der Waals surface area contributed by atoms with Crippen molar-refractivity contribution >= 4 is 13.7 Å². The number of aliphatic hydroxyl groups excluding tert-OH is 1. The molecule has 0 unspecified atom stereocenters. The van der Waals surface area contributed by atoms with Gasteiger partial charge in [-0.1, -0.05) is 6.42 Å². The Bertz CT molecular complexity index is 1340. The number of carbonyl (C=O) groups is 1. The quantitative estimate of drug-likeness (QED) is 0.279. The number of carbonyl (C=O) groups excluding carboxylic acids is 1. The third-order valence-electron chi connectivity index (χ3n) is 6.81. The van der Waals surface area contributed by atoms with E-state index in [1.165, 1.54) is 19.1 Å². The third-order valence-corrected chi connectivity index (χ3v) is 8.45. The number of aliphatic hydroxyl groups is 1. The normalized spacial score (nSPS) is 27.6. The molecule has 1 aromatic carbocycles. The van der Waals surface area contributed by atoms with Gasteiger partial charge in [0.05, 0.1) is 6.61 Å². The average Bonchev–Trinajstić information content (AvgIpc) is 3.13. The molecule has 1 aliphatic heterocycles. The number of hydrogen-bond acceptors (Lipinski definition) is 9. The number of alkyl halides is 1. The van der Waals surface area contributed by atoms with Gasteiger partial charge in [-0.05, 0) is 63.8 Å². The van der Waals surface area contributed by atoms with Crippen LogP contribution in [-0.4, -0.2) is 57.3 Å². The first-order chi connectivity index (χ1) is 18.9. The van der Waals surface area contributed by atoms with Crippen LogP contribution in [0.2, 0.25) is 0 Å². The zero-order valence-corrected chi connectivity index (χ0v) is 22.9. The fraction of sp³-hybridized carbons (Fsp3) is 0.560. The van der Waals surface area contributed by atoms with Gasteiger partial charge in [0.2, 0.25) is 0 Å². The summed E-state index contributed by atoms with van der Waals surface area (Å²) >= 11 is 0. The molecule has 4 rings (SSSR count). The molecule has 1 saturated heterocycles. The molecule has 2 aliphatic rings. The number of rotatable bonds is 10. The first-order valence-corrected chi connectivity index (χ1v) is 14.4. The monoisotopic (exact) mass is 587 g/mol. The second kappa shape index (κ2) is 12.3. The average molecular weight is 588 g/mol. The maximum Gasteiger partial charge on any atom is 0.459 e. The lowest BCUT2D eigenvalue weighted by Crippen LogP contribution is -2.44. The van der Waals surface area contributed by atoms with Crippen molar-refractivity contribution in [1.82, 2.24) is 14.6 Å². The van der Waals surface area contributed by atoms with Gasteiger partial charge in [-0.15, -0.1) is 0 Å². The number of H-pyrrole nitrogens is 1. The maximum atomic E-state index is 15.5. The van der Waals surface area contributed by atoms with Crippen molar-refractivity contribution in [2.24, 2.45) is 0 Å². The van der Waals surface area contributed by atoms with E-state index in [1.807, 2.05) is 4.98 Å². The van der Waals surface area contributed by atoms with Crippen LogP contribution in [0.15, 0.2) is 46.1 Å². The number of benzene rings is 1. The van der Waals surface area contributed by atoms with Crippen molar-refractivity contribution < 1.29 is 41.8 Å². The number of ether oxygens (including phenoxy) is 2. The summed E-state index contributed by atoms with van der Waals surface area (Å²) in [5.41, 5.74) is -4.20. The molecule has 12 nitrogen and oxygen atoms in total. The molecule has 6 atom stereocenters. The van der Waals surface area contributed by atoms with Crippen LogP contribution in [0.3, 0.4) is 0 Å². The van der Waals surface area contributed by atoms with Crippen LogP contribution in [0.5, 0.6) is 5.75 Å². The molecule has 2 fully saturated rings. The third kappa shape index (κ3) is 7.05. The van der Waals surface area contributed by atoms with E-state index in [0.29, 0.717) is 0 Å². The fourth-order valence-electron chi connectivity index (χ4n) is 4.60. The number of nitrogens with one attached hydrogen (secondary N) is 2. The highest BCUT2D eigenvalue weighted by molar-refractivity contribution is 7.52. The Hall–Kier alpha value is -2.90. The molecule has 40 heavy (non-hydrogen) atoms. The van der Waals surface area contributed by atoms with Crippen LogP contribution in [0, 0.1) is 5.82 Å². The summed E-state index contributed by atoms with van der Waals surface area (Å²) in [5.74, 6) is -1.33. The van der Waals surface area contributed by atoms with Crippen LogP contribution < -0.4 is 20.9 Å². The molecule has 1 aromatic heterocycles.